The Bertz CT molecular complexity index is 573. The van der Waals surface area contributed by atoms with E-state index in [1.807, 2.05) is 11.8 Å². The van der Waals surface area contributed by atoms with Crippen molar-refractivity contribution >= 4 is 35.8 Å². The maximum Gasteiger partial charge on any atom is 0.222 e. The van der Waals surface area contributed by atoms with Crippen LogP contribution >= 0.6 is 24.0 Å². The van der Waals surface area contributed by atoms with Crippen LogP contribution in [0.2, 0.25) is 0 Å². The van der Waals surface area contributed by atoms with E-state index in [1.165, 1.54) is 11.1 Å². The highest BCUT2D eigenvalue weighted by atomic mass is 127. The van der Waals surface area contributed by atoms with Gasteiger partial charge in [0.15, 0.2) is 5.96 Å². The number of nitrogens with zero attached hydrogens (tertiary/aromatic N) is 2. The van der Waals surface area contributed by atoms with Gasteiger partial charge in [-0.25, -0.2) is 0 Å². The summed E-state index contributed by atoms with van der Waals surface area (Å²) < 4.78 is 0. The minimum Gasteiger partial charge on any atom is -0.356 e. The summed E-state index contributed by atoms with van der Waals surface area (Å²) in [7, 11) is 1.79. The number of carbonyl (C=O) groups is 1. The third-order valence-corrected chi connectivity index (χ3v) is 4.63. The monoisotopic (exact) mass is 458 g/mol. The van der Waals surface area contributed by atoms with E-state index < -0.39 is 0 Å². The maximum absolute atomic E-state index is 11.8. The number of carbonyl (C=O) groups excluding carboxylic acids is 1. The van der Waals surface area contributed by atoms with Crippen LogP contribution in [0.5, 0.6) is 0 Å². The maximum atomic E-state index is 11.8. The molecule has 1 amide bonds. The molecule has 0 aromatic heterocycles. The third kappa shape index (κ3) is 6.49. The summed E-state index contributed by atoms with van der Waals surface area (Å²) in [6.45, 7) is 8.65. The summed E-state index contributed by atoms with van der Waals surface area (Å²) in [6, 6.07) is 8.95. The lowest BCUT2D eigenvalue weighted by Gasteiger charge is -2.20. The summed E-state index contributed by atoms with van der Waals surface area (Å²) in [5, 5.41) is 6.84. The Morgan fingerprint density at radius 1 is 1.36 bits per heavy atom. The van der Waals surface area contributed by atoms with Gasteiger partial charge in [0.25, 0.3) is 0 Å². The number of halogens is 1. The van der Waals surface area contributed by atoms with Crippen molar-refractivity contribution in [2.24, 2.45) is 4.99 Å². The molecule has 0 radical (unpaired) electrons. The molecule has 0 bridgehead atoms. The molecule has 5 nitrogen and oxygen atoms in total. The number of aliphatic imine (C=N–C) groups is 1. The lowest BCUT2D eigenvalue weighted by Crippen LogP contribution is -2.45. The van der Waals surface area contributed by atoms with Gasteiger partial charge in [-0.05, 0) is 24.8 Å². The van der Waals surface area contributed by atoms with Gasteiger partial charge in [-0.3, -0.25) is 9.79 Å². The molecule has 25 heavy (non-hydrogen) atoms. The van der Waals surface area contributed by atoms with E-state index in [1.54, 1.807) is 7.05 Å². The molecular weight excluding hydrogens is 427 g/mol. The van der Waals surface area contributed by atoms with Crippen molar-refractivity contribution in [3.8, 4) is 0 Å². The number of nitrogens with one attached hydrogen (secondary N) is 2. The van der Waals surface area contributed by atoms with Crippen molar-refractivity contribution in [2.45, 2.75) is 45.6 Å². The third-order valence-electron chi connectivity index (χ3n) is 4.63. The van der Waals surface area contributed by atoms with Crippen LogP contribution in [0, 0.1) is 6.92 Å². The molecule has 1 aromatic carbocycles. The summed E-state index contributed by atoms with van der Waals surface area (Å²) in [4.78, 5) is 18.0. The van der Waals surface area contributed by atoms with Crippen LogP contribution in [0.25, 0.3) is 0 Å². The van der Waals surface area contributed by atoms with Crippen LogP contribution in [0.1, 0.15) is 43.7 Å². The molecule has 1 aromatic rings. The van der Waals surface area contributed by atoms with E-state index >= 15 is 0 Å². The average Bonchev–Trinajstić information content (AvgIpc) is 3.06. The number of amides is 1. The second-order valence-electron chi connectivity index (χ2n) is 6.59. The SMILES string of the molecule is CCC(=O)N1CCC(NC(=NC)NCC(C)c2ccc(C)cc2)C1.I. The molecule has 0 spiro atoms. The highest BCUT2D eigenvalue weighted by molar-refractivity contribution is 14.0. The zero-order chi connectivity index (χ0) is 17.5. The molecule has 6 heteroatoms. The van der Waals surface area contributed by atoms with Crippen molar-refractivity contribution < 1.29 is 4.79 Å². The number of hydrogen-bond donors (Lipinski definition) is 2. The smallest absolute Gasteiger partial charge is 0.222 e. The summed E-state index contributed by atoms with van der Waals surface area (Å²) >= 11 is 0. The van der Waals surface area contributed by atoms with Gasteiger partial charge in [-0.1, -0.05) is 43.7 Å². The quantitative estimate of drug-likeness (QED) is 0.406. The van der Waals surface area contributed by atoms with E-state index in [4.69, 9.17) is 0 Å². The number of benzene rings is 1. The van der Waals surface area contributed by atoms with Gasteiger partial charge in [0.1, 0.15) is 0 Å². The Kier molecular flexibility index (Phi) is 9.24. The van der Waals surface area contributed by atoms with E-state index in [2.05, 4.69) is 53.7 Å². The topological polar surface area (TPSA) is 56.7 Å². The first kappa shape index (κ1) is 21.7. The van der Waals surface area contributed by atoms with Crippen molar-refractivity contribution in [1.29, 1.82) is 0 Å². The van der Waals surface area contributed by atoms with E-state index in [0.717, 1.165) is 32.0 Å². The second kappa shape index (κ2) is 10.6. The normalized spacial score (nSPS) is 18.5. The Morgan fingerprint density at radius 3 is 2.64 bits per heavy atom. The molecule has 2 rings (SSSR count). The number of aryl methyl sites for hydroxylation is 1. The highest BCUT2D eigenvalue weighted by Gasteiger charge is 2.25. The number of rotatable bonds is 5. The van der Waals surface area contributed by atoms with E-state index in [9.17, 15) is 4.79 Å². The molecular formula is C19H31IN4O. The van der Waals surface area contributed by atoms with Gasteiger partial charge in [0.05, 0.1) is 0 Å². The molecule has 1 saturated heterocycles. The molecule has 0 aliphatic carbocycles. The van der Waals surface area contributed by atoms with Gasteiger partial charge in [0, 0.05) is 39.1 Å². The summed E-state index contributed by atoms with van der Waals surface area (Å²) in [6.07, 6.45) is 1.55. The molecule has 1 fully saturated rings. The van der Waals surface area contributed by atoms with Crippen LogP contribution in [0.3, 0.4) is 0 Å². The second-order valence-corrected chi connectivity index (χ2v) is 6.59. The molecule has 2 atom stereocenters. The first-order valence-corrected chi connectivity index (χ1v) is 8.85. The predicted octanol–water partition coefficient (Wildman–Crippen LogP) is 2.89. The van der Waals surface area contributed by atoms with Crippen molar-refractivity contribution in [1.82, 2.24) is 15.5 Å². The Labute approximate surface area is 168 Å². The standard InChI is InChI=1S/C19H30N4O.HI/c1-5-18(24)23-11-10-17(13-23)22-19(20-4)21-12-15(3)16-8-6-14(2)7-9-16;/h6-9,15,17H,5,10-13H2,1-4H3,(H2,20,21,22);1H. The highest BCUT2D eigenvalue weighted by Crippen LogP contribution is 2.15. The van der Waals surface area contributed by atoms with Crippen molar-refractivity contribution in [2.75, 3.05) is 26.7 Å². The van der Waals surface area contributed by atoms with E-state index in [-0.39, 0.29) is 35.9 Å². The average molecular weight is 458 g/mol. The predicted molar refractivity (Wildman–Crippen MR) is 115 cm³/mol. The zero-order valence-corrected chi connectivity index (χ0v) is 18.0. The Hall–Kier alpha value is -1.31. The van der Waals surface area contributed by atoms with Crippen molar-refractivity contribution in [3.63, 3.8) is 0 Å². The molecule has 1 aliphatic heterocycles. The lowest BCUT2D eigenvalue weighted by atomic mass is 10.0. The zero-order valence-electron chi connectivity index (χ0n) is 15.7. The van der Waals surface area contributed by atoms with Crippen LogP contribution in [0.4, 0.5) is 0 Å². The molecule has 1 aliphatic rings. The van der Waals surface area contributed by atoms with Crippen molar-refractivity contribution in [3.05, 3.63) is 35.4 Å². The molecule has 0 saturated carbocycles. The number of likely N-dealkylation sites (tertiary alicyclic amines) is 1. The minimum absolute atomic E-state index is 0. The molecule has 1 heterocycles. The van der Waals surface area contributed by atoms with Gasteiger partial charge in [-0.2, -0.15) is 0 Å². The molecule has 2 unspecified atom stereocenters. The first-order chi connectivity index (χ1) is 11.5. The lowest BCUT2D eigenvalue weighted by molar-refractivity contribution is -0.129. The fraction of sp³-hybridized carbons (Fsp3) is 0.579. The van der Waals surface area contributed by atoms with Gasteiger partial charge in [-0.15, -0.1) is 24.0 Å². The molecule has 140 valence electrons. The largest absolute Gasteiger partial charge is 0.356 e. The van der Waals surface area contributed by atoms with Gasteiger partial charge in [0.2, 0.25) is 5.91 Å². The molecule has 2 N–H and O–H groups in total. The van der Waals surface area contributed by atoms with Crippen LogP contribution in [0.15, 0.2) is 29.3 Å². The number of hydrogen-bond acceptors (Lipinski definition) is 2. The first-order valence-electron chi connectivity index (χ1n) is 8.85. The van der Waals surface area contributed by atoms with Crippen LogP contribution < -0.4 is 10.6 Å². The minimum atomic E-state index is 0. The Morgan fingerprint density at radius 2 is 2.04 bits per heavy atom. The van der Waals surface area contributed by atoms with Crippen LogP contribution in [-0.2, 0) is 4.79 Å². The fourth-order valence-corrected chi connectivity index (χ4v) is 2.98. The fourth-order valence-electron chi connectivity index (χ4n) is 2.98. The summed E-state index contributed by atoms with van der Waals surface area (Å²) in [5.74, 6) is 1.45. The summed E-state index contributed by atoms with van der Waals surface area (Å²) in [5.41, 5.74) is 2.60. The van der Waals surface area contributed by atoms with Gasteiger partial charge >= 0.3 is 0 Å². The van der Waals surface area contributed by atoms with E-state index in [0.29, 0.717) is 12.3 Å². The van der Waals surface area contributed by atoms with Gasteiger partial charge < -0.3 is 15.5 Å². The number of guanidine groups is 1. The van der Waals surface area contributed by atoms with Crippen LogP contribution in [-0.4, -0.2) is 49.5 Å². The Balaban J connectivity index is 0.00000312.